The molecule has 0 aromatic carbocycles. The van der Waals surface area contributed by atoms with Gasteiger partial charge in [0, 0.05) is 19.1 Å². The standard InChI is InChI=1S/C7H11NO6/c1-4(7(13)14)8(2-5(9)10)3-6(11)12/h4H,2-3H2,1H3,(H,9,10)(H,11,12)(H,13,14)/p-3/t4-/m1/s1. The number of carbonyl (C=O) groups is 3. The molecule has 0 bridgehead atoms. The Hall–Kier alpha value is -1.63. The minimum Gasteiger partial charge on any atom is -0.549 e. The first-order valence-electron chi connectivity index (χ1n) is 3.69. The third kappa shape index (κ3) is 4.41. The second kappa shape index (κ2) is 5.18. The summed E-state index contributed by atoms with van der Waals surface area (Å²) < 4.78 is 0. The van der Waals surface area contributed by atoms with E-state index < -0.39 is 37.0 Å². The zero-order valence-corrected chi connectivity index (χ0v) is 7.39. The highest BCUT2D eigenvalue weighted by Crippen LogP contribution is 1.96. The molecule has 0 amide bonds. The summed E-state index contributed by atoms with van der Waals surface area (Å²) in [7, 11) is 0. The zero-order valence-electron chi connectivity index (χ0n) is 7.39. The van der Waals surface area contributed by atoms with Gasteiger partial charge in [-0.05, 0) is 6.92 Å². The lowest BCUT2D eigenvalue weighted by atomic mass is 10.3. The molecule has 14 heavy (non-hydrogen) atoms. The molecule has 0 aliphatic heterocycles. The first-order chi connectivity index (χ1) is 6.34. The molecule has 0 aromatic heterocycles. The molecule has 7 heteroatoms. The molecular formula is C7H8NO6-3. The molecular weight excluding hydrogens is 194 g/mol. The van der Waals surface area contributed by atoms with Gasteiger partial charge in [-0.3, -0.25) is 4.90 Å². The number of aliphatic carboxylic acids is 3. The summed E-state index contributed by atoms with van der Waals surface area (Å²) in [5, 5.41) is 30.6. The summed E-state index contributed by atoms with van der Waals surface area (Å²) in [4.78, 5) is 31.3. The summed E-state index contributed by atoms with van der Waals surface area (Å²) in [5.74, 6) is -4.70. The van der Waals surface area contributed by atoms with Crippen molar-refractivity contribution in [1.82, 2.24) is 4.90 Å². The zero-order chi connectivity index (χ0) is 11.3. The van der Waals surface area contributed by atoms with Gasteiger partial charge in [-0.2, -0.15) is 0 Å². The molecule has 7 nitrogen and oxygen atoms in total. The fourth-order valence-corrected chi connectivity index (χ4v) is 0.810. The highest BCUT2D eigenvalue weighted by molar-refractivity contribution is 5.75. The monoisotopic (exact) mass is 202 g/mol. The Bertz CT molecular complexity index is 235. The summed E-state index contributed by atoms with van der Waals surface area (Å²) in [5.41, 5.74) is 0. The van der Waals surface area contributed by atoms with Crippen LogP contribution in [0.1, 0.15) is 6.92 Å². The van der Waals surface area contributed by atoms with E-state index in [9.17, 15) is 29.7 Å². The van der Waals surface area contributed by atoms with Crippen molar-refractivity contribution in [2.24, 2.45) is 0 Å². The van der Waals surface area contributed by atoms with Crippen molar-refractivity contribution in [3.63, 3.8) is 0 Å². The number of carbonyl (C=O) groups excluding carboxylic acids is 3. The van der Waals surface area contributed by atoms with Gasteiger partial charge in [0.15, 0.2) is 0 Å². The van der Waals surface area contributed by atoms with Crippen LogP contribution in [0.3, 0.4) is 0 Å². The summed E-state index contributed by atoms with van der Waals surface area (Å²) >= 11 is 0. The lowest BCUT2D eigenvalue weighted by Crippen LogP contribution is -2.53. The molecule has 0 saturated carbocycles. The molecule has 0 aliphatic rings. The molecule has 0 unspecified atom stereocenters. The van der Waals surface area contributed by atoms with Gasteiger partial charge >= 0.3 is 0 Å². The van der Waals surface area contributed by atoms with E-state index in [0.717, 1.165) is 6.92 Å². The minimum atomic E-state index is -1.57. The fourth-order valence-electron chi connectivity index (χ4n) is 0.810. The van der Waals surface area contributed by atoms with Crippen LogP contribution in [0.5, 0.6) is 0 Å². The quantitative estimate of drug-likeness (QED) is 0.422. The van der Waals surface area contributed by atoms with E-state index >= 15 is 0 Å². The minimum absolute atomic E-state index is 0.653. The summed E-state index contributed by atoms with van der Waals surface area (Å²) in [6.07, 6.45) is 0. The van der Waals surface area contributed by atoms with Crippen LogP contribution < -0.4 is 15.3 Å². The molecule has 0 N–H and O–H groups in total. The highest BCUT2D eigenvalue weighted by Gasteiger charge is 2.14. The molecule has 0 radical (unpaired) electrons. The lowest BCUT2D eigenvalue weighted by molar-refractivity contribution is -0.317. The van der Waals surface area contributed by atoms with Gasteiger partial charge in [0.05, 0.1) is 17.9 Å². The molecule has 1 atom stereocenters. The molecule has 80 valence electrons. The largest absolute Gasteiger partial charge is 0.549 e. The van der Waals surface area contributed by atoms with Gasteiger partial charge in [0.1, 0.15) is 0 Å². The van der Waals surface area contributed by atoms with Crippen LogP contribution in [0.15, 0.2) is 0 Å². The third-order valence-electron chi connectivity index (χ3n) is 1.55. The van der Waals surface area contributed by atoms with Gasteiger partial charge in [-0.1, -0.05) is 0 Å². The maximum Gasteiger partial charge on any atom is 0.0584 e. The van der Waals surface area contributed by atoms with Gasteiger partial charge < -0.3 is 29.7 Å². The molecule has 0 rings (SSSR count). The molecule has 0 aliphatic carbocycles. The first-order valence-corrected chi connectivity index (χ1v) is 3.69. The Balaban J connectivity index is 4.45. The number of carboxylic acids is 3. The maximum atomic E-state index is 10.3. The van der Waals surface area contributed by atoms with E-state index in [-0.39, 0.29) is 0 Å². The second-order valence-corrected chi connectivity index (χ2v) is 2.64. The number of hydrogen-bond acceptors (Lipinski definition) is 7. The average Bonchev–Trinajstić information content (AvgIpc) is 1.99. The van der Waals surface area contributed by atoms with Crippen LogP contribution in [0, 0.1) is 0 Å². The number of carboxylic acid groups (broad SMARTS) is 3. The van der Waals surface area contributed by atoms with Crippen molar-refractivity contribution in [1.29, 1.82) is 0 Å². The van der Waals surface area contributed by atoms with E-state index in [4.69, 9.17) is 0 Å². The van der Waals surface area contributed by atoms with Gasteiger partial charge in [0.2, 0.25) is 0 Å². The van der Waals surface area contributed by atoms with Gasteiger partial charge in [0.25, 0.3) is 0 Å². The van der Waals surface area contributed by atoms with Crippen molar-refractivity contribution in [2.75, 3.05) is 13.1 Å². The molecule has 0 fully saturated rings. The van der Waals surface area contributed by atoms with Crippen LogP contribution in [0.4, 0.5) is 0 Å². The van der Waals surface area contributed by atoms with Gasteiger partial charge in [-0.15, -0.1) is 0 Å². The fraction of sp³-hybridized carbons (Fsp3) is 0.571. The third-order valence-corrected chi connectivity index (χ3v) is 1.55. The molecule has 0 saturated heterocycles. The summed E-state index contributed by atoms with van der Waals surface area (Å²) in [6.45, 7) is -0.493. The smallest absolute Gasteiger partial charge is 0.0584 e. The van der Waals surface area contributed by atoms with Crippen LogP contribution in [-0.2, 0) is 14.4 Å². The number of rotatable bonds is 6. The lowest BCUT2D eigenvalue weighted by Gasteiger charge is -2.30. The van der Waals surface area contributed by atoms with Crippen molar-refractivity contribution >= 4 is 17.9 Å². The Morgan fingerprint density at radius 3 is 1.64 bits per heavy atom. The topological polar surface area (TPSA) is 124 Å². The predicted octanol–water partition coefficient (Wildman–Crippen LogP) is -5.07. The maximum absolute atomic E-state index is 10.3. The predicted molar refractivity (Wildman–Crippen MR) is 36.1 cm³/mol. The Morgan fingerprint density at radius 1 is 1.07 bits per heavy atom. The van der Waals surface area contributed by atoms with E-state index in [2.05, 4.69) is 0 Å². The molecule has 0 heterocycles. The number of nitrogens with zero attached hydrogens (tertiary/aromatic N) is 1. The Morgan fingerprint density at radius 2 is 1.43 bits per heavy atom. The van der Waals surface area contributed by atoms with Crippen LogP contribution in [0.25, 0.3) is 0 Å². The Kier molecular flexibility index (Phi) is 4.57. The SMILES string of the molecule is C[C@H](C(=O)[O-])N(CC(=O)[O-])CC(=O)[O-]. The van der Waals surface area contributed by atoms with E-state index in [1.807, 2.05) is 0 Å². The van der Waals surface area contributed by atoms with Crippen LogP contribution >= 0.6 is 0 Å². The van der Waals surface area contributed by atoms with Crippen LogP contribution in [0.2, 0.25) is 0 Å². The van der Waals surface area contributed by atoms with Crippen molar-refractivity contribution < 1.29 is 29.7 Å². The van der Waals surface area contributed by atoms with Crippen molar-refractivity contribution in [3.05, 3.63) is 0 Å². The number of hydrogen-bond donors (Lipinski definition) is 0. The van der Waals surface area contributed by atoms with Crippen molar-refractivity contribution in [3.8, 4) is 0 Å². The molecule has 0 spiro atoms. The second-order valence-electron chi connectivity index (χ2n) is 2.64. The van der Waals surface area contributed by atoms with Gasteiger partial charge in [-0.25, -0.2) is 0 Å². The highest BCUT2D eigenvalue weighted by atomic mass is 16.4. The first kappa shape index (κ1) is 12.4. The van der Waals surface area contributed by atoms with Crippen molar-refractivity contribution in [2.45, 2.75) is 13.0 Å². The normalized spacial score (nSPS) is 12.4. The Labute approximate surface area is 79.6 Å². The summed E-state index contributed by atoms with van der Waals surface area (Å²) in [6, 6.07) is -1.33. The van der Waals surface area contributed by atoms with E-state index in [1.54, 1.807) is 0 Å². The average molecular weight is 202 g/mol. The van der Waals surface area contributed by atoms with E-state index in [1.165, 1.54) is 0 Å². The van der Waals surface area contributed by atoms with E-state index in [0.29, 0.717) is 4.90 Å². The molecule has 0 aromatic rings. The van der Waals surface area contributed by atoms with Crippen LogP contribution in [-0.4, -0.2) is 41.9 Å².